The van der Waals surface area contributed by atoms with Gasteiger partial charge in [0, 0.05) is 19.2 Å². The third-order valence-corrected chi connectivity index (χ3v) is 4.84. The van der Waals surface area contributed by atoms with Crippen molar-refractivity contribution in [2.75, 3.05) is 26.8 Å². The van der Waals surface area contributed by atoms with Gasteiger partial charge in [0.25, 0.3) is 0 Å². The van der Waals surface area contributed by atoms with Crippen molar-refractivity contribution in [1.82, 2.24) is 4.90 Å². The standard InChI is InChI=1S/C16H30N2O3/c1-3-10-21-14-7-5-9-18(12-14)13-6-4-8-16(17,11-13)15(19)20-2/h13-14H,3-12,17H2,1-2H3. The summed E-state index contributed by atoms with van der Waals surface area (Å²) in [4.78, 5) is 14.4. The smallest absolute Gasteiger partial charge is 0.325 e. The normalized spacial score (nSPS) is 34.6. The van der Waals surface area contributed by atoms with Crippen molar-refractivity contribution < 1.29 is 14.3 Å². The molecule has 1 heterocycles. The summed E-state index contributed by atoms with van der Waals surface area (Å²) in [6.07, 6.45) is 7.28. The monoisotopic (exact) mass is 298 g/mol. The minimum atomic E-state index is -0.797. The van der Waals surface area contributed by atoms with Crippen LogP contribution in [0, 0.1) is 0 Å². The number of nitrogens with two attached hydrogens (primary N) is 1. The van der Waals surface area contributed by atoms with E-state index >= 15 is 0 Å². The predicted molar refractivity (Wildman–Crippen MR) is 82.0 cm³/mol. The van der Waals surface area contributed by atoms with Gasteiger partial charge < -0.3 is 15.2 Å². The van der Waals surface area contributed by atoms with E-state index in [0.717, 1.165) is 51.8 Å². The molecular weight excluding hydrogens is 268 g/mol. The summed E-state index contributed by atoms with van der Waals surface area (Å²) < 4.78 is 10.8. The second-order valence-electron chi connectivity index (χ2n) is 6.53. The lowest BCUT2D eigenvalue weighted by Gasteiger charge is -2.44. The third kappa shape index (κ3) is 4.18. The van der Waals surface area contributed by atoms with Gasteiger partial charge >= 0.3 is 5.97 Å². The predicted octanol–water partition coefficient (Wildman–Crippen LogP) is 1.69. The molecule has 2 N–H and O–H groups in total. The summed E-state index contributed by atoms with van der Waals surface area (Å²) in [5.74, 6) is -0.261. The zero-order valence-corrected chi connectivity index (χ0v) is 13.5. The Kier molecular flexibility index (Phi) is 6.02. The van der Waals surface area contributed by atoms with Crippen LogP contribution >= 0.6 is 0 Å². The number of nitrogens with zero attached hydrogens (tertiary/aromatic N) is 1. The minimum absolute atomic E-state index is 0.261. The number of hydrogen-bond acceptors (Lipinski definition) is 5. The van der Waals surface area contributed by atoms with Crippen LogP contribution in [-0.2, 0) is 14.3 Å². The van der Waals surface area contributed by atoms with Gasteiger partial charge in [-0.1, -0.05) is 6.92 Å². The van der Waals surface area contributed by atoms with Crippen LogP contribution in [0.1, 0.15) is 51.9 Å². The Bertz CT molecular complexity index is 350. The maximum Gasteiger partial charge on any atom is 0.325 e. The van der Waals surface area contributed by atoms with Crippen molar-refractivity contribution >= 4 is 5.97 Å². The molecule has 0 amide bonds. The van der Waals surface area contributed by atoms with Crippen LogP contribution in [0.4, 0.5) is 0 Å². The summed E-state index contributed by atoms with van der Waals surface area (Å²) in [6, 6.07) is 0.385. The molecule has 1 aliphatic carbocycles. The molecule has 1 saturated carbocycles. The minimum Gasteiger partial charge on any atom is -0.468 e. The zero-order chi connectivity index (χ0) is 15.3. The molecule has 0 aromatic carbocycles. The van der Waals surface area contributed by atoms with Gasteiger partial charge in [-0.25, -0.2) is 0 Å². The molecule has 0 radical (unpaired) electrons. The van der Waals surface area contributed by atoms with Gasteiger partial charge in [-0.3, -0.25) is 9.69 Å². The summed E-state index contributed by atoms with van der Waals surface area (Å²) >= 11 is 0. The Hall–Kier alpha value is -0.650. The molecule has 2 fully saturated rings. The number of hydrogen-bond donors (Lipinski definition) is 1. The summed E-state index contributed by atoms with van der Waals surface area (Å²) in [5.41, 5.74) is 5.50. The summed E-state index contributed by atoms with van der Waals surface area (Å²) in [7, 11) is 1.43. The molecule has 122 valence electrons. The van der Waals surface area contributed by atoms with Gasteiger partial charge in [-0.2, -0.15) is 0 Å². The van der Waals surface area contributed by atoms with E-state index in [2.05, 4.69) is 11.8 Å². The number of esters is 1. The van der Waals surface area contributed by atoms with Crippen molar-refractivity contribution in [2.24, 2.45) is 5.73 Å². The Morgan fingerprint density at radius 2 is 2.19 bits per heavy atom. The fourth-order valence-electron chi connectivity index (χ4n) is 3.70. The van der Waals surface area contributed by atoms with E-state index in [4.69, 9.17) is 15.2 Å². The second-order valence-corrected chi connectivity index (χ2v) is 6.53. The molecule has 5 nitrogen and oxygen atoms in total. The van der Waals surface area contributed by atoms with Gasteiger partial charge in [-0.05, 0) is 51.5 Å². The first kappa shape index (κ1) is 16.7. The van der Waals surface area contributed by atoms with Gasteiger partial charge in [0.2, 0.25) is 0 Å². The maximum absolute atomic E-state index is 11.9. The van der Waals surface area contributed by atoms with E-state index in [9.17, 15) is 4.79 Å². The van der Waals surface area contributed by atoms with E-state index in [-0.39, 0.29) is 5.97 Å². The van der Waals surface area contributed by atoms with Crippen molar-refractivity contribution in [3.63, 3.8) is 0 Å². The first-order valence-corrected chi connectivity index (χ1v) is 8.32. The number of methoxy groups -OCH3 is 1. The van der Waals surface area contributed by atoms with Crippen molar-refractivity contribution in [1.29, 1.82) is 0 Å². The number of piperidine rings is 1. The zero-order valence-electron chi connectivity index (χ0n) is 13.5. The first-order chi connectivity index (χ1) is 10.1. The molecule has 0 spiro atoms. The van der Waals surface area contributed by atoms with E-state index in [1.165, 1.54) is 13.5 Å². The van der Waals surface area contributed by atoms with Gasteiger partial charge in [0.1, 0.15) is 5.54 Å². The Morgan fingerprint density at radius 1 is 1.38 bits per heavy atom. The fourth-order valence-corrected chi connectivity index (χ4v) is 3.70. The maximum atomic E-state index is 11.9. The highest BCUT2D eigenvalue weighted by Crippen LogP contribution is 2.32. The number of rotatable bonds is 5. The van der Waals surface area contributed by atoms with Crippen LogP contribution in [0.25, 0.3) is 0 Å². The van der Waals surface area contributed by atoms with E-state index in [1.54, 1.807) is 0 Å². The number of carbonyl (C=O) groups excluding carboxylic acids is 1. The molecule has 3 unspecified atom stereocenters. The molecule has 0 bridgehead atoms. The highest BCUT2D eigenvalue weighted by atomic mass is 16.5. The summed E-state index contributed by atoms with van der Waals surface area (Å²) in [5, 5.41) is 0. The number of carbonyl (C=O) groups is 1. The van der Waals surface area contributed by atoms with Crippen LogP contribution in [-0.4, -0.2) is 55.4 Å². The quantitative estimate of drug-likeness (QED) is 0.783. The van der Waals surface area contributed by atoms with E-state index in [1.807, 2.05) is 0 Å². The lowest BCUT2D eigenvalue weighted by molar-refractivity contribution is -0.149. The average molecular weight is 298 g/mol. The Morgan fingerprint density at radius 3 is 2.90 bits per heavy atom. The lowest BCUT2D eigenvalue weighted by Crippen LogP contribution is -2.57. The summed E-state index contributed by atoms with van der Waals surface area (Å²) in [6.45, 7) is 5.04. The molecule has 1 aliphatic heterocycles. The molecule has 1 saturated heterocycles. The lowest BCUT2D eigenvalue weighted by atomic mass is 9.78. The molecule has 0 aromatic rings. The van der Waals surface area contributed by atoms with Gasteiger partial charge in [0.15, 0.2) is 0 Å². The highest BCUT2D eigenvalue weighted by Gasteiger charge is 2.42. The highest BCUT2D eigenvalue weighted by molar-refractivity contribution is 5.80. The third-order valence-electron chi connectivity index (χ3n) is 4.84. The van der Waals surface area contributed by atoms with Crippen molar-refractivity contribution in [3.8, 4) is 0 Å². The van der Waals surface area contributed by atoms with Gasteiger partial charge in [-0.15, -0.1) is 0 Å². The van der Waals surface area contributed by atoms with Crippen LogP contribution in [0.2, 0.25) is 0 Å². The van der Waals surface area contributed by atoms with E-state index < -0.39 is 5.54 Å². The molecule has 3 atom stereocenters. The Labute approximate surface area is 128 Å². The molecule has 5 heteroatoms. The fraction of sp³-hybridized carbons (Fsp3) is 0.938. The average Bonchev–Trinajstić information content (AvgIpc) is 2.52. The SMILES string of the molecule is CCCOC1CCCN(C2CCCC(N)(C(=O)OC)C2)C1. The largest absolute Gasteiger partial charge is 0.468 e. The van der Waals surface area contributed by atoms with Crippen molar-refractivity contribution in [2.45, 2.75) is 69.6 Å². The van der Waals surface area contributed by atoms with Crippen LogP contribution in [0.3, 0.4) is 0 Å². The molecular formula is C16H30N2O3. The molecule has 0 aromatic heterocycles. The number of ether oxygens (including phenoxy) is 2. The first-order valence-electron chi connectivity index (χ1n) is 8.32. The van der Waals surface area contributed by atoms with Gasteiger partial charge in [0.05, 0.1) is 13.2 Å². The number of likely N-dealkylation sites (tertiary alicyclic amines) is 1. The Balaban J connectivity index is 1.92. The second kappa shape index (κ2) is 7.56. The van der Waals surface area contributed by atoms with Crippen LogP contribution in [0.5, 0.6) is 0 Å². The van der Waals surface area contributed by atoms with Crippen LogP contribution in [0.15, 0.2) is 0 Å². The molecule has 2 aliphatic rings. The van der Waals surface area contributed by atoms with Crippen LogP contribution < -0.4 is 5.73 Å². The molecule has 2 rings (SSSR count). The molecule has 21 heavy (non-hydrogen) atoms. The topological polar surface area (TPSA) is 64.8 Å². The van der Waals surface area contributed by atoms with E-state index in [0.29, 0.717) is 18.6 Å². The van der Waals surface area contributed by atoms with Crippen molar-refractivity contribution in [3.05, 3.63) is 0 Å².